The van der Waals surface area contributed by atoms with Gasteiger partial charge in [-0.3, -0.25) is 18.7 Å². The van der Waals surface area contributed by atoms with Gasteiger partial charge in [-0.1, -0.05) is 118 Å². The Hall–Kier alpha value is -10.3. The van der Waals surface area contributed by atoms with Crippen molar-refractivity contribution in [1.29, 1.82) is 0 Å². The van der Waals surface area contributed by atoms with Crippen molar-refractivity contribution < 1.29 is 0 Å². The fourth-order valence-electron chi connectivity index (χ4n) is 11.6. The van der Waals surface area contributed by atoms with Crippen LogP contribution in [0.3, 0.4) is 0 Å². The summed E-state index contributed by atoms with van der Waals surface area (Å²) < 4.78 is 7.08. The molecule has 9 heterocycles. The molecule has 466 valence electrons. The molecule has 0 fully saturated rings. The Morgan fingerprint density at radius 1 is 0.293 bits per heavy atom. The van der Waals surface area contributed by atoms with Gasteiger partial charge in [-0.15, -0.1) is 20.4 Å². The summed E-state index contributed by atoms with van der Waals surface area (Å²) in [4.78, 5) is 19.1. The topological polar surface area (TPSA) is 332 Å². The normalized spacial score (nSPS) is 12.0. The summed E-state index contributed by atoms with van der Waals surface area (Å²) in [5, 5.41) is 48.2. The van der Waals surface area contributed by atoms with Gasteiger partial charge in [0.05, 0.1) is 71.7 Å². The molecule has 0 saturated heterocycles. The fourth-order valence-corrected chi connectivity index (χ4v) is 11.6. The van der Waals surface area contributed by atoms with E-state index in [0.29, 0.717) is 105 Å². The van der Waals surface area contributed by atoms with Crippen molar-refractivity contribution in [3.8, 4) is 44.5 Å². The van der Waals surface area contributed by atoms with Gasteiger partial charge in [0.25, 0.3) is 0 Å². The molecule has 24 heteroatoms. The van der Waals surface area contributed by atoms with Crippen LogP contribution in [0.4, 0.5) is 0 Å². The highest BCUT2D eigenvalue weighted by molar-refractivity contribution is 6.00. The predicted molar refractivity (Wildman–Crippen MR) is 359 cm³/mol. The van der Waals surface area contributed by atoms with Crippen LogP contribution in [-0.4, -0.2) is 106 Å². The third-order valence-corrected chi connectivity index (χ3v) is 16.0. The molecule has 14 N–H and O–H groups in total. The summed E-state index contributed by atoms with van der Waals surface area (Å²) in [6.45, 7) is 9.34. The first-order valence-corrected chi connectivity index (χ1v) is 31.1. The number of nitrogens with two attached hydrogens (primary N) is 4. The van der Waals surface area contributed by atoms with Gasteiger partial charge >= 0.3 is 0 Å². The van der Waals surface area contributed by atoms with Crippen molar-refractivity contribution in [3.05, 3.63) is 214 Å². The van der Waals surface area contributed by atoms with Crippen LogP contribution in [0, 0.1) is 0 Å². The maximum absolute atomic E-state index is 5.76. The summed E-state index contributed by atoms with van der Waals surface area (Å²) in [5.41, 5.74) is 45.6. The number of H-pyrrole nitrogens is 2. The highest BCUT2D eigenvalue weighted by atomic mass is 15.4. The van der Waals surface area contributed by atoms with Crippen LogP contribution < -0.4 is 44.2 Å². The summed E-state index contributed by atoms with van der Waals surface area (Å²) >= 11 is 0. The van der Waals surface area contributed by atoms with Crippen molar-refractivity contribution in [1.82, 2.24) is 101 Å². The van der Waals surface area contributed by atoms with Crippen molar-refractivity contribution in [2.24, 2.45) is 22.9 Å². The minimum absolute atomic E-state index is 0.501. The van der Waals surface area contributed by atoms with Crippen LogP contribution in [0.2, 0.25) is 0 Å². The summed E-state index contributed by atoms with van der Waals surface area (Å²) in [7, 11) is 0. The SMILES string of the molecule is NCCn1cc(CNCc2ccc(-c3c4nc(c(-c5ccc(CNCc6cn(CCN)nn6)cc5)c5ccc([nH]5)c(-c5ccc(CNCc6cn(CCN)nn6)cc5)c5nc(c(-c6ccc(CNCc7cn(CCN)nn7)cc6)c6ccc3[nH]6)C=C5)C=C4)cc2)nn1. The van der Waals surface area contributed by atoms with E-state index in [0.717, 1.165) is 134 Å². The zero-order valence-electron chi connectivity index (χ0n) is 51.0. The van der Waals surface area contributed by atoms with E-state index in [9.17, 15) is 0 Å². The molecule has 0 atom stereocenters. The Balaban J connectivity index is 0.917. The molecular weight excluding hydrogens is 1150 g/mol. The molecule has 92 heavy (non-hydrogen) atoms. The van der Waals surface area contributed by atoms with Crippen molar-refractivity contribution >= 4 is 46.4 Å². The monoisotopic (exact) mass is 1230 g/mol. The zero-order chi connectivity index (χ0) is 62.6. The Morgan fingerprint density at radius 3 is 0.739 bits per heavy atom. The number of hydrogen-bond donors (Lipinski definition) is 10. The number of rotatable bonds is 28. The second-order valence-corrected chi connectivity index (χ2v) is 22.8. The van der Waals surface area contributed by atoms with Gasteiger partial charge in [-0.2, -0.15) is 0 Å². The van der Waals surface area contributed by atoms with E-state index in [2.05, 4.69) is 218 Å². The minimum atomic E-state index is 0.501. The lowest BCUT2D eigenvalue weighted by atomic mass is 10.0. The lowest BCUT2D eigenvalue weighted by Crippen LogP contribution is -2.13. The molecular formula is C68H74N24. The first-order valence-electron chi connectivity index (χ1n) is 31.1. The van der Waals surface area contributed by atoms with E-state index >= 15 is 0 Å². The smallest absolute Gasteiger partial charge is 0.0964 e. The van der Waals surface area contributed by atoms with Gasteiger partial charge in [0.1, 0.15) is 0 Å². The molecule has 7 aromatic heterocycles. The van der Waals surface area contributed by atoms with Crippen LogP contribution in [0.15, 0.2) is 146 Å². The van der Waals surface area contributed by atoms with E-state index < -0.39 is 0 Å². The van der Waals surface area contributed by atoms with Gasteiger partial charge < -0.3 is 54.2 Å². The predicted octanol–water partition coefficient (Wildman–Crippen LogP) is 6.68. The molecule has 0 unspecified atom stereocenters. The van der Waals surface area contributed by atoms with Crippen LogP contribution in [0.25, 0.3) is 90.9 Å². The van der Waals surface area contributed by atoms with Crippen LogP contribution in [-0.2, 0) is 78.5 Å². The zero-order valence-corrected chi connectivity index (χ0v) is 51.0. The van der Waals surface area contributed by atoms with Gasteiger partial charge in [0, 0.05) is 148 Å². The van der Waals surface area contributed by atoms with E-state index in [1.165, 1.54) is 0 Å². The number of nitrogens with zero attached hydrogens (tertiary/aromatic N) is 14. The molecule has 24 nitrogen and oxygen atoms in total. The number of nitrogens with one attached hydrogen (secondary N) is 6. The Labute approximate surface area is 531 Å². The van der Waals surface area contributed by atoms with Gasteiger partial charge in [0.15, 0.2) is 0 Å². The molecule has 0 spiro atoms. The number of fused-ring (bicyclic) bond motifs is 8. The molecule has 4 aromatic carbocycles. The largest absolute Gasteiger partial charge is 0.354 e. The van der Waals surface area contributed by atoms with Gasteiger partial charge in [-0.05, 0) is 93.1 Å². The third kappa shape index (κ3) is 14.3. The Bertz CT molecular complexity index is 3960. The highest BCUT2D eigenvalue weighted by Gasteiger charge is 2.20. The number of hydrogen-bond acceptors (Lipinski definition) is 18. The number of benzene rings is 4. The standard InChI is InChI=1S/C68H74N24/c69-25-29-89-41-53(81-85-89)37-73-33-45-1-9-49(10-2-45)65-57-17-19-59(77-57)66(50-11-3-46(4-12-50)34-74-38-54-42-90(30-26-70)86-82-54)61-21-23-63(79-61)68(52-15-7-48(8-16-52)36-76-40-56-44-92(32-28-72)88-84-56)64-24-22-62(80-64)67(60-20-18-58(65)78-60)51-13-5-47(6-14-51)35-75-39-55-43-91(31-27-71)87-83-55/h1-24,41-44,73-77,80H,25-40,69-72H2. The molecule has 0 amide bonds. The van der Waals surface area contributed by atoms with Crippen molar-refractivity contribution in [2.45, 2.75) is 78.5 Å². The highest BCUT2D eigenvalue weighted by Crippen LogP contribution is 2.39. The van der Waals surface area contributed by atoms with Gasteiger partial charge in [-0.25, -0.2) is 9.97 Å². The maximum atomic E-state index is 5.76. The van der Waals surface area contributed by atoms with Crippen molar-refractivity contribution in [3.63, 3.8) is 0 Å². The van der Waals surface area contributed by atoms with Crippen molar-refractivity contribution in [2.75, 3.05) is 26.2 Å². The third-order valence-electron chi connectivity index (χ3n) is 16.0. The minimum Gasteiger partial charge on any atom is -0.354 e. The molecule has 0 radical (unpaired) electrons. The molecule has 8 bridgehead atoms. The lowest BCUT2D eigenvalue weighted by Gasteiger charge is -2.09. The second kappa shape index (κ2) is 28.7. The van der Waals surface area contributed by atoms with Crippen LogP contribution >= 0.6 is 0 Å². The van der Waals surface area contributed by atoms with E-state index in [1.807, 2.05) is 24.8 Å². The Morgan fingerprint density at radius 2 is 0.522 bits per heavy atom. The molecule has 11 aromatic rings. The maximum Gasteiger partial charge on any atom is 0.0964 e. The summed E-state index contributed by atoms with van der Waals surface area (Å²) in [6.07, 6.45) is 16.2. The van der Waals surface area contributed by atoms with Crippen LogP contribution in [0.5, 0.6) is 0 Å². The fraction of sp³-hybridized carbons (Fsp3) is 0.235. The van der Waals surface area contributed by atoms with E-state index in [1.54, 1.807) is 18.7 Å². The summed E-state index contributed by atoms with van der Waals surface area (Å²) in [5.74, 6) is 0. The molecule has 0 aliphatic carbocycles. The Kier molecular flexibility index (Phi) is 18.9. The average molecular weight is 1230 g/mol. The first-order chi connectivity index (χ1) is 45.3. The van der Waals surface area contributed by atoms with Crippen LogP contribution in [0.1, 0.15) is 67.8 Å². The second-order valence-electron chi connectivity index (χ2n) is 22.8. The lowest BCUT2D eigenvalue weighted by molar-refractivity contribution is 0.598. The quantitative estimate of drug-likeness (QED) is 0.0244. The average Bonchev–Trinajstić information content (AvgIpc) is 1.64. The van der Waals surface area contributed by atoms with E-state index in [4.69, 9.17) is 32.9 Å². The number of aromatic amines is 2. The summed E-state index contributed by atoms with van der Waals surface area (Å²) in [6, 6.07) is 43.4. The van der Waals surface area contributed by atoms with Gasteiger partial charge in [0.2, 0.25) is 0 Å². The molecule has 2 aliphatic heterocycles. The molecule has 0 saturated carbocycles. The van der Waals surface area contributed by atoms with E-state index in [-0.39, 0.29) is 0 Å². The number of aromatic nitrogens is 16. The molecule has 13 rings (SSSR count). The molecule has 2 aliphatic rings. The first kappa shape index (κ1) is 60.6.